The highest BCUT2D eigenvalue weighted by Gasteiger charge is 2.41. The van der Waals surface area contributed by atoms with Gasteiger partial charge in [-0.05, 0) is 91.5 Å². The van der Waals surface area contributed by atoms with Crippen LogP contribution in [0.1, 0.15) is 95.3 Å². The van der Waals surface area contributed by atoms with Crippen molar-refractivity contribution >= 4 is 77.6 Å². The molecule has 3 aliphatic rings. The van der Waals surface area contributed by atoms with Gasteiger partial charge in [-0.2, -0.15) is 54.0 Å². The fraction of sp³-hybridized carbons (Fsp3) is 0.561. The van der Waals surface area contributed by atoms with Crippen LogP contribution in [0.5, 0.6) is 0 Å². The van der Waals surface area contributed by atoms with Gasteiger partial charge >= 0.3 is 6.09 Å². The van der Waals surface area contributed by atoms with Gasteiger partial charge in [0.15, 0.2) is 0 Å². The van der Waals surface area contributed by atoms with Crippen molar-refractivity contribution < 1.29 is 19.1 Å². The van der Waals surface area contributed by atoms with Gasteiger partial charge < -0.3 is 30.2 Å². The molecule has 5 atom stereocenters. The van der Waals surface area contributed by atoms with Crippen LogP contribution in [0.4, 0.5) is 10.5 Å². The Kier molecular flexibility index (Phi) is 18.9. The normalized spacial score (nSPS) is 19.6. The zero-order valence-electron chi connectivity index (χ0n) is 33.2. The van der Waals surface area contributed by atoms with Crippen LogP contribution < -0.4 is 10.6 Å². The van der Waals surface area contributed by atoms with Gasteiger partial charge in [0.25, 0.3) is 0 Å². The Morgan fingerprint density at radius 3 is 2.18 bits per heavy atom. The van der Waals surface area contributed by atoms with Crippen molar-refractivity contribution in [3.05, 3.63) is 71.2 Å². The smallest absolute Gasteiger partial charge is 0.407 e. The molecule has 3 aliphatic heterocycles. The van der Waals surface area contributed by atoms with Gasteiger partial charge in [0.05, 0.1) is 37.1 Å². The average Bonchev–Trinajstić information content (AvgIpc) is 3.95. The summed E-state index contributed by atoms with van der Waals surface area (Å²) in [5, 5.41) is 6.51. The summed E-state index contributed by atoms with van der Waals surface area (Å²) in [5.41, 5.74) is 7.18. The molecule has 4 heterocycles. The van der Waals surface area contributed by atoms with Crippen molar-refractivity contribution in [3.8, 4) is 11.3 Å². The molecule has 3 aromatic rings. The number of H-pyrrole nitrogens is 1. The fourth-order valence-electron chi connectivity index (χ4n) is 8.04. The van der Waals surface area contributed by atoms with Crippen LogP contribution in [0.2, 0.25) is 0 Å². The summed E-state index contributed by atoms with van der Waals surface area (Å²) in [6.45, 7) is 11.7. The fourth-order valence-corrected chi connectivity index (χ4v) is 8.04. The van der Waals surface area contributed by atoms with E-state index in [0.717, 1.165) is 75.0 Å². The molecule has 6 rings (SSSR count). The number of fused-ring (bicyclic) bond motifs is 1. The molecule has 0 bridgehead atoms. The molecule has 10 nitrogen and oxygen atoms in total. The second-order valence-corrected chi connectivity index (χ2v) is 15.5. The number of amides is 3. The lowest BCUT2D eigenvalue weighted by Crippen LogP contribution is -2.55. The number of methoxy groups -OCH3 is 1. The number of alkyl carbamates (subject to hydrolysis) is 1. The van der Waals surface area contributed by atoms with E-state index < -0.39 is 12.1 Å². The number of likely N-dealkylation sites (tertiary alicyclic amines) is 2. The number of aromatic nitrogens is 2. The topological polar surface area (TPSA) is 120 Å². The number of ether oxygens (including phenoxy) is 1. The molecule has 3 amide bonds. The van der Waals surface area contributed by atoms with Crippen molar-refractivity contribution in [3.63, 3.8) is 0 Å². The maximum atomic E-state index is 13.6. The quantitative estimate of drug-likeness (QED) is 0.176. The summed E-state index contributed by atoms with van der Waals surface area (Å²) < 4.78 is 4.79. The number of hydrogen-bond acceptors (Lipinski definition) is 6. The molecule has 306 valence electrons. The Balaban J connectivity index is 0.00000261. The number of imidazole rings is 1. The van der Waals surface area contributed by atoms with Gasteiger partial charge in [0, 0.05) is 24.7 Å². The minimum atomic E-state index is -0.604. The number of benzene rings is 2. The van der Waals surface area contributed by atoms with E-state index in [4.69, 9.17) is 9.72 Å². The highest BCUT2D eigenvalue weighted by atomic mass is 32.1. The molecule has 55 heavy (non-hydrogen) atoms. The molecule has 2 aromatic carbocycles. The van der Waals surface area contributed by atoms with E-state index in [1.54, 1.807) is 0 Å². The average molecular weight is 833 g/mol. The molecule has 0 radical (unpaired) electrons. The highest BCUT2D eigenvalue weighted by molar-refractivity contribution is 7.59. The van der Waals surface area contributed by atoms with Crippen LogP contribution in [0.15, 0.2) is 48.7 Å². The van der Waals surface area contributed by atoms with Crippen molar-refractivity contribution in [1.82, 2.24) is 25.1 Å². The molecule has 2 unspecified atom stereocenters. The standard InChI is InChI=1S/C41H56N6O4.4H2S/c1-25(2)27(5)39(48)47-21-9-13-36(47)38-42-24-34(44-38)30-17-14-28(15-18-30)10-7-11-29-16-19-31-23-33(43-32(31)22-29)35-12-8-20-46(35)40(49)37(26(3)4)45-41(50)51-6;;;;/h14-19,22,24-27,33,35-37,43H,7-13,20-21,23H2,1-6H3,(H,42,44)(H,45,50);4*1H2/t27-,33?,35-,36?,37-;;;;/m0..../s1. The maximum absolute atomic E-state index is 13.6. The zero-order valence-corrected chi connectivity index (χ0v) is 37.2. The van der Waals surface area contributed by atoms with Gasteiger partial charge in [-0.3, -0.25) is 9.59 Å². The van der Waals surface area contributed by atoms with E-state index >= 15 is 0 Å². The lowest BCUT2D eigenvalue weighted by molar-refractivity contribution is -0.137. The molecule has 0 saturated carbocycles. The molecule has 0 aliphatic carbocycles. The molecule has 3 N–H and O–H groups in total. The molecular weight excluding hydrogens is 769 g/mol. The van der Waals surface area contributed by atoms with E-state index in [1.807, 2.05) is 36.8 Å². The monoisotopic (exact) mass is 832 g/mol. The Bertz CT molecular complexity index is 1700. The molecule has 1 aromatic heterocycles. The molecule has 14 heteroatoms. The van der Waals surface area contributed by atoms with Crippen molar-refractivity contribution in [1.29, 1.82) is 0 Å². The predicted octanol–water partition coefficient (Wildman–Crippen LogP) is 7.37. The van der Waals surface area contributed by atoms with Crippen LogP contribution in [-0.2, 0) is 33.6 Å². The predicted molar refractivity (Wildman–Crippen MR) is 242 cm³/mol. The summed E-state index contributed by atoms with van der Waals surface area (Å²) in [5.74, 6) is 1.37. The Morgan fingerprint density at radius 1 is 0.855 bits per heavy atom. The van der Waals surface area contributed by atoms with E-state index in [1.165, 1.54) is 29.5 Å². The van der Waals surface area contributed by atoms with Crippen molar-refractivity contribution in [2.45, 2.75) is 110 Å². The van der Waals surface area contributed by atoms with Gasteiger partial charge in [0.2, 0.25) is 11.8 Å². The van der Waals surface area contributed by atoms with Crippen LogP contribution in [0, 0.1) is 17.8 Å². The summed E-state index contributed by atoms with van der Waals surface area (Å²) in [6.07, 6.45) is 9.10. The molecule has 0 spiro atoms. The van der Waals surface area contributed by atoms with Crippen LogP contribution in [0.25, 0.3) is 11.3 Å². The summed E-state index contributed by atoms with van der Waals surface area (Å²) in [6, 6.07) is 15.2. The minimum Gasteiger partial charge on any atom is -0.453 e. The lowest BCUT2D eigenvalue weighted by atomic mass is 9.96. The highest BCUT2D eigenvalue weighted by Crippen LogP contribution is 2.35. The van der Waals surface area contributed by atoms with Crippen LogP contribution >= 0.6 is 54.0 Å². The van der Waals surface area contributed by atoms with Crippen molar-refractivity contribution in [2.75, 3.05) is 25.5 Å². The summed E-state index contributed by atoms with van der Waals surface area (Å²) >= 11 is 0. The van der Waals surface area contributed by atoms with E-state index in [2.05, 4.69) is 71.9 Å². The third-order valence-corrected chi connectivity index (χ3v) is 11.4. The Labute approximate surface area is 355 Å². The number of aromatic amines is 1. The Hall–Kier alpha value is -2.94. The van der Waals surface area contributed by atoms with Crippen LogP contribution in [0.3, 0.4) is 0 Å². The molecular formula is C41H64N6O4S4. The zero-order chi connectivity index (χ0) is 36.2. The second kappa shape index (κ2) is 21.5. The first-order valence-electron chi connectivity index (χ1n) is 19.0. The first kappa shape index (κ1) is 48.2. The van der Waals surface area contributed by atoms with Gasteiger partial charge in [-0.25, -0.2) is 9.78 Å². The third kappa shape index (κ3) is 11.1. The number of nitrogens with zero attached hydrogens (tertiary/aromatic N) is 3. The first-order valence-corrected chi connectivity index (χ1v) is 19.0. The number of carbonyl (C=O) groups excluding carboxylic acids is 3. The molecule has 2 saturated heterocycles. The van der Waals surface area contributed by atoms with Gasteiger partial charge in [-0.1, -0.05) is 71.0 Å². The van der Waals surface area contributed by atoms with Crippen molar-refractivity contribution in [2.24, 2.45) is 17.8 Å². The minimum absolute atomic E-state index is 0. The Morgan fingerprint density at radius 2 is 1.51 bits per heavy atom. The van der Waals surface area contributed by atoms with Gasteiger partial charge in [-0.15, -0.1) is 0 Å². The third-order valence-electron chi connectivity index (χ3n) is 11.4. The lowest BCUT2D eigenvalue weighted by Gasteiger charge is -2.33. The first-order chi connectivity index (χ1) is 24.5. The van der Waals surface area contributed by atoms with E-state index in [0.29, 0.717) is 12.5 Å². The number of anilines is 1. The largest absolute Gasteiger partial charge is 0.453 e. The number of carbonyl (C=O) groups is 3. The van der Waals surface area contributed by atoms with Crippen LogP contribution in [-0.4, -0.2) is 76.0 Å². The summed E-state index contributed by atoms with van der Waals surface area (Å²) in [7, 11) is 1.32. The number of aryl methyl sites for hydroxylation is 2. The number of hydrogen-bond donors (Lipinski definition) is 3. The number of nitrogens with one attached hydrogen (secondary N) is 3. The number of rotatable bonds is 12. The summed E-state index contributed by atoms with van der Waals surface area (Å²) in [4.78, 5) is 50.9. The molecule has 2 fully saturated rings. The van der Waals surface area contributed by atoms with E-state index in [9.17, 15) is 14.4 Å². The SMILES string of the molecule is COC(=O)N[C@H](C(=O)N1CCC[C@H]1C1Cc2ccc(CCCc3ccc(-c4cnc(C5CCCN5C(=O)[C@@H](C)C(C)C)[nH]4)cc3)cc2N1)C(C)C.S.S.S.S. The van der Waals surface area contributed by atoms with E-state index in [-0.39, 0.29) is 95.8 Å². The second-order valence-electron chi connectivity index (χ2n) is 15.5. The van der Waals surface area contributed by atoms with Gasteiger partial charge in [0.1, 0.15) is 11.9 Å². The maximum Gasteiger partial charge on any atom is 0.407 e.